The van der Waals surface area contributed by atoms with E-state index in [-0.39, 0.29) is 6.61 Å². The summed E-state index contributed by atoms with van der Waals surface area (Å²) in [5, 5.41) is 12.2. The highest BCUT2D eigenvalue weighted by molar-refractivity contribution is 5.44. The molecule has 5 heteroatoms. The normalized spacial score (nSPS) is 10.1. The van der Waals surface area contributed by atoms with E-state index in [1.165, 1.54) is 0 Å². The molecule has 1 aromatic rings. The summed E-state index contributed by atoms with van der Waals surface area (Å²) in [6.07, 6.45) is 3.46. The Morgan fingerprint density at radius 3 is 3.14 bits per heavy atom. The van der Waals surface area contributed by atoms with Crippen molar-refractivity contribution in [1.29, 1.82) is 0 Å². The van der Waals surface area contributed by atoms with Crippen molar-refractivity contribution in [2.24, 2.45) is 5.11 Å². The Kier molecular flexibility index (Phi) is 4.20. The minimum Gasteiger partial charge on any atom is -0.390 e. The summed E-state index contributed by atoms with van der Waals surface area (Å²) in [5.41, 5.74) is 9.38. The Hall–Kier alpha value is -1.84. The summed E-state index contributed by atoms with van der Waals surface area (Å²) in [7, 11) is 0. The molecule has 0 saturated carbocycles. The fourth-order valence-electron chi connectivity index (χ4n) is 0.936. The second kappa shape index (κ2) is 5.75. The molecule has 0 saturated heterocycles. The van der Waals surface area contributed by atoms with Crippen LogP contribution >= 0.6 is 0 Å². The van der Waals surface area contributed by atoms with Gasteiger partial charge in [-0.15, -0.1) is 0 Å². The van der Waals surface area contributed by atoms with Crippen molar-refractivity contribution in [3.8, 4) is 0 Å². The Morgan fingerprint density at radius 1 is 1.57 bits per heavy atom. The summed E-state index contributed by atoms with van der Waals surface area (Å²) < 4.78 is 0. The lowest BCUT2D eigenvalue weighted by Gasteiger charge is -1.96. The minimum atomic E-state index is -0.0714. The third kappa shape index (κ3) is 3.26. The maximum absolute atomic E-state index is 8.82. The van der Waals surface area contributed by atoms with Gasteiger partial charge in [-0.2, -0.15) is 0 Å². The Morgan fingerprint density at radius 2 is 2.43 bits per heavy atom. The molecule has 0 aliphatic rings. The number of aromatic nitrogens is 1. The van der Waals surface area contributed by atoms with Crippen LogP contribution in [-0.2, 0) is 6.61 Å². The quantitative estimate of drug-likeness (QED) is 0.446. The van der Waals surface area contributed by atoms with E-state index in [0.717, 1.165) is 5.69 Å². The zero-order valence-electron chi connectivity index (χ0n) is 7.54. The van der Waals surface area contributed by atoms with Gasteiger partial charge in [-0.25, -0.2) is 0 Å². The Bertz CT molecular complexity index is 369. The lowest BCUT2D eigenvalue weighted by molar-refractivity contribution is 0.277. The summed E-state index contributed by atoms with van der Waals surface area (Å²) >= 11 is 0. The van der Waals surface area contributed by atoms with Gasteiger partial charge in [0.05, 0.1) is 18.0 Å². The van der Waals surface area contributed by atoms with Crippen molar-refractivity contribution in [2.75, 3.05) is 6.54 Å². The van der Waals surface area contributed by atoms with Crippen molar-refractivity contribution < 1.29 is 5.11 Å². The predicted molar refractivity (Wildman–Crippen MR) is 53.2 cm³/mol. The van der Waals surface area contributed by atoms with Crippen LogP contribution in [0.5, 0.6) is 0 Å². The van der Waals surface area contributed by atoms with Crippen LogP contribution in [0.2, 0.25) is 0 Å². The molecular formula is C9H10N4O. The van der Waals surface area contributed by atoms with Crippen molar-refractivity contribution in [3.05, 3.63) is 46.1 Å². The zero-order chi connectivity index (χ0) is 10.2. The predicted octanol–water partition coefficient (Wildman–Crippen LogP) is 1.90. The molecule has 0 aromatic carbocycles. The maximum Gasteiger partial charge on any atom is 0.0853 e. The van der Waals surface area contributed by atoms with Gasteiger partial charge in [0.1, 0.15) is 0 Å². The molecule has 14 heavy (non-hydrogen) atoms. The van der Waals surface area contributed by atoms with Crippen LogP contribution in [0, 0.1) is 0 Å². The van der Waals surface area contributed by atoms with Gasteiger partial charge in [0.2, 0.25) is 0 Å². The van der Waals surface area contributed by atoms with Crippen LogP contribution < -0.4 is 0 Å². The SMILES string of the molecule is [N-]=[N+]=NCC=Cc1cccc(CO)n1. The molecule has 0 atom stereocenters. The van der Waals surface area contributed by atoms with Crippen LogP contribution in [0.15, 0.2) is 29.4 Å². The lowest BCUT2D eigenvalue weighted by Crippen LogP contribution is -1.90. The van der Waals surface area contributed by atoms with E-state index >= 15 is 0 Å². The van der Waals surface area contributed by atoms with Crippen LogP contribution in [0.3, 0.4) is 0 Å². The van der Waals surface area contributed by atoms with Crippen LogP contribution in [0.25, 0.3) is 16.5 Å². The molecule has 0 spiro atoms. The van der Waals surface area contributed by atoms with E-state index in [1.807, 2.05) is 12.1 Å². The van der Waals surface area contributed by atoms with Crippen LogP contribution in [0.4, 0.5) is 0 Å². The van der Waals surface area contributed by atoms with E-state index in [2.05, 4.69) is 15.0 Å². The first-order valence-electron chi connectivity index (χ1n) is 4.11. The summed E-state index contributed by atoms with van der Waals surface area (Å²) in [5.74, 6) is 0. The van der Waals surface area contributed by atoms with Crippen molar-refractivity contribution in [1.82, 2.24) is 4.98 Å². The second-order valence-corrected chi connectivity index (χ2v) is 2.53. The molecule has 0 unspecified atom stereocenters. The van der Waals surface area contributed by atoms with Gasteiger partial charge < -0.3 is 5.11 Å². The summed E-state index contributed by atoms with van der Waals surface area (Å²) in [4.78, 5) is 6.73. The number of azide groups is 1. The molecule has 0 amide bonds. The number of pyridine rings is 1. The second-order valence-electron chi connectivity index (χ2n) is 2.53. The van der Waals surface area contributed by atoms with Crippen molar-refractivity contribution >= 4 is 6.08 Å². The average Bonchev–Trinajstić information content (AvgIpc) is 2.25. The van der Waals surface area contributed by atoms with E-state index in [0.29, 0.717) is 12.2 Å². The Balaban J connectivity index is 2.66. The third-order valence-corrected chi connectivity index (χ3v) is 1.53. The molecular weight excluding hydrogens is 180 g/mol. The van der Waals surface area contributed by atoms with Gasteiger partial charge in [0.25, 0.3) is 0 Å². The topological polar surface area (TPSA) is 81.9 Å². The minimum absolute atomic E-state index is 0.0714. The fraction of sp³-hybridized carbons (Fsp3) is 0.222. The first kappa shape index (κ1) is 10.2. The van der Waals surface area contributed by atoms with Crippen molar-refractivity contribution in [3.63, 3.8) is 0 Å². The first-order chi connectivity index (χ1) is 6.86. The molecule has 5 nitrogen and oxygen atoms in total. The van der Waals surface area contributed by atoms with Gasteiger partial charge >= 0.3 is 0 Å². The van der Waals surface area contributed by atoms with Gasteiger partial charge in [-0.3, -0.25) is 4.98 Å². The monoisotopic (exact) mass is 190 g/mol. The third-order valence-electron chi connectivity index (χ3n) is 1.53. The molecule has 1 N–H and O–H groups in total. The molecule has 1 aromatic heterocycles. The standard InChI is InChI=1S/C9H10N4O/c10-13-11-6-2-5-8-3-1-4-9(7-14)12-8/h1-5,14H,6-7H2. The van der Waals surface area contributed by atoms with E-state index in [9.17, 15) is 0 Å². The number of aliphatic hydroxyl groups excluding tert-OH is 1. The number of nitrogens with zero attached hydrogens (tertiary/aromatic N) is 4. The molecule has 0 bridgehead atoms. The zero-order valence-corrected chi connectivity index (χ0v) is 7.54. The Labute approximate surface area is 81.3 Å². The molecule has 1 rings (SSSR count). The summed E-state index contributed by atoms with van der Waals surface area (Å²) in [6, 6.07) is 5.36. The molecule has 0 radical (unpaired) electrons. The van der Waals surface area contributed by atoms with Gasteiger partial charge in [-0.05, 0) is 23.7 Å². The smallest absolute Gasteiger partial charge is 0.0853 e. The number of hydrogen-bond acceptors (Lipinski definition) is 3. The van der Waals surface area contributed by atoms with E-state index < -0.39 is 0 Å². The molecule has 1 heterocycles. The largest absolute Gasteiger partial charge is 0.390 e. The van der Waals surface area contributed by atoms with E-state index in [4.69, 9.17) is 10.6 Å². The molecule has 0 aliphatic carbocycles. The lowest BCUT2D eigenvalue weighted by atomic mass is 10.3. The highest BCUT2D eigenvalue weighted by atomic mass is 16.3. The number of aliphatic hydroxyl groups is 1. The van der Waals surface area contributed by atoms with Crippen molar-refractivity contribution in [2.45, 2.75) is 6.61 Å². The van der Waals surface area contributed by atoms with Crippen LogP contribution in [-0.4, -0.2) is 16.6 Å². The first-order valence-corrected chi connectivity index (χ1v) is 4.11. The van der Waals surface area contributed by atoms with Gasteiger partial charge in [0, 0.05) is 11.5 Å². The number of hydrogen-bond donors (Lipinski definition) is 1. The van der Waals surface area contributed by atoms with Gasteiger partial charge in [-0.1, -0.05) is 17.3 Å². The highest BCUT2D eigenvalue weighted by Crippen LogP contribution is 2.01. The fourth-order valence-corrected chi connectivity index (χ4v) is 0.936. The summed E-state index contributed by atoms with van der Waals surface area (Å²) in [6.45, 7) is 0.236. The van der Waals surface area contributed by atoms with Gasteiger partial charge in [0.15, 0.2) is 0 Å². The van der Waals surface area contributed by atoms with Crippen LogP contribution in [0.1, 0.15) is 11.4 Å². The average molecular weight is 190 g/mol. The highest BCUT2D eigenvalue weighted by Gasteiger charge is 1.91. The molecule has 0 aliphatic heterocycles. The molecule has 72 valence electrons. The molecule has 0 fully saturated rings. The number of rotatable bonds is 4. The maximum atomic E-state index is 8.82. The van der Waals surface area contributed by atoms with E-state index in [1.54, 1.807) is 18.2 Å².